The smallest absolute Gasteiger partial charge is 0.0992 e. The van der Waals surface area contributed by atoms with Gasteiger partial charge in [0.15, 0.2) is 0 Å². The van der Waals surface area contributed by atoms with Gasteiger partial charge in [0.1, 0.15) is 0 Å². The highest BCUT2D eigenvalue weighted by molar-refractivity contribution is 7.99. The Bertz CT molecular complexity index is 532. The summed E-state index contributed by atoms with van der Waals surface area (Å²) in [6.45, 7) is 0.883. The third-order valence-electron chi connectivity index (χ3n) is 2.43. The first-order chi connectivity index (χ1) is 8.88. The number of nitrogens with one attached hydrogen (secondary N) is 1. The predicted octanol–water partition coefficient (Wildman–Crippen LogP) is 3.76. The second-order valence-corrected chi connectivity index (χ2v) is 4.95. The molecule has 1 N–H and O–H groups in total. The summed E-state index contributed by atoms with van der Waals surface area (Å²) in [5.74, 6) is 1.00. The Balaban J connectivity index is 1.77. The number of benzene rings is 2. The van der Waals surface area contributed by atoms with Crippen LogP contribution in [0.15, 0.2) is 59.5 Å². The van der Waals surface area contributed by atoms with E-state index in [0.717, 1.165) is 18.0 Å². The van der Waals surface area contributed by atoms with Gasteiger partial charge in [-0.25, -0.2) is 0 Å². The van der Waals surface area contributed by atoms with Gasteiger partial charge < -0.3 is 5.32 Å². The lowest BCUT2D eigenvalue weighted by molar-refractivity contribution is 1.22. The van der Waals surface area contributed by atoms with E-state index in [1.165, 1.54) is 4.90 Å². The Morgan fingerprint density at radius 1 is 1.06 bits per heavy atom. The average molecular weight is 254 g/mol. The fraction of sp³-hybridized carbons (Fsp3) is 0.133. The van der Waals surface area contributed by atoms with Gasteiger partial charge in [-0.15, -0.1) is 11.8 Å². The van der Waals surface area contributed by atoms with Crippen LogP contribution in [0.2, 0.25) is 0 Å². The Morgan fingerprint density at radius 3 is 2.67 bits per heavy atom. The normalized spacial score (nSPS) is 9.72. The van der Waals surface area contributed by atoms with Crippen molar-refractivity contribution in [3.63, 3.8) is 0 Å². The molecule has 2 aromatic rings. The lowest BCUT2D eigenvalue weighted by Gasteiger charge is -2.06. The van der Waals surface area contributed by atoms with Crippen molar-refractivity contribution in [2.24, 2.45) is 0 Å². The second kappa shape index (κ2) is 6.73. The molecule has 18 heavy (non-hydrogen) atoms. The molecule has 0 unspecified atom stereocenters. The third kappa shape index (κ3) is 3.83. The van der Waals surface area contributed by atoms with E-state index < -0.39 is 0 Å². The Hall–Kier alpha value is -1.92. The zero-order chi connectivity index (χ0) is 12.6. The first-order valence-corrected chi connectivity index (χ1v) is 6.79. The third-order valence-corrected chi connectivity index (χ3v) is 3.45. The fourth-order valence-corrected chi connectivity index (χ4v) is 2.37. The first-order valence-electron chi connectivity index (χ1n) is 5.80. The highest BCUT2D eigenvalue weighted by Crippen LogP contribution is 2.17. The molecule has 0 fully saturated rings. The van der Waals surface area contributed by atoms with Gasteiger partial charge in [-0.05, 0) is 30.3 Å². The molecule has 0 aliphatic heterocycles. The molecule has 3 heteroatoms. The highest BCUT2D eigenvalue weighted by Gasteiger charge is 1.95. The van der Waals surface area contributed by atoms with Crippen molar-refractivity contribution in [2.45, 2.75) is 4.90 Å². The molecule has 0 radical (unpaired) electrons. The molecule has 0 aromatic heterocycles. The SMILES string of the molecule is N#Cc1cccc(NCCSc2ccccc2)c1. The maximum Gasteiger partial charge on any atom is 0.0992 e. The molecule has 2 rings (SSSR count). The van der Waals surface area contributed by atoms with Gasteiger partial charge in [0.05, 0.1) is 11.6 Å². The molecule has 0 spiro atoms. The van der Waals surface area contributed by atoms with E-state index in [0.29, 0.717) is 5.56 Å². The van der Waals surface area contributed by atoms with Gasteiger partial charge in [0, 0.05) is 22.9 Å². The monoisotopic (exact) mass is 254 g/mol. The van der Waals surface area contributed by atoms with E-state index in [1.54, 1.807) is 0 Å². The highest BCUT2D eigenvalue weighted by atomic mass is 32.2. The Labute approximate surface area is 112 Å². The minimum absolute atomic E-state index is 0.690. The van der Waals surface area contributed by atoms with Crippen LogP contribution in [0.25, 0.3) is 0 Å². The van der Waals surface area contributed by atoms with Gasteiger partial charge in [0.25, 0.3) is 0 Å². The number of hydrogen-bond acceptors (Lipinski definition) is 3. The van der Waals surface area contributed by atoms with Crippen LogP contribution in [0, 0.1) is 11.3 Å². The largest absolute Gasteiger partial charge is 0.384 e. The van der Waals surface area contributed by atoms with E-state index in [4.69, 9.17) is 5.26 Å². The van der Waals surface area contributed by atoms with E-state index in [1.807, 2.05) is 54.2 Å². The van der Waals surface area contributed by atoms with Crippen LogP contribution in [0.3, 0.4) is 0 Å². The van der Waals surface area contributed by atoms with Crippen molar-refractivity contribution in [1.29, 1.82) is 5.26 Å². The summed E-state index contributed by atoms with van der Waals surface area (Å²) in [6.07, 6.45) is 0. The lowest BCUT2D eigenvalue weighted by atomic mass is 10.2. The molecule has 0 saturated carbocycles. The number of nitriles is 1. The maximum absolute atomic E-state index is 8.80. The van der Waals surface area contributed by atoms with Gasteiger partial charge in [-0.2, -0.15) is 5.26 Å². The molecule has 90 valence electrons. The van der Waals surface area contributed by atoms with E-state index in [2.05, 4.69) is 23.5 Å². The molecular weight excluding hydrogens is 240 g/mol. The molecule has 0 saturated heterocycles. The topological polar surface area (TPSA) is 35.8 Å². The Morgan fingerprint density at radius 2 is 1.89 bits per heavy atom. The van der Waals surface area contributed by atoms with Crippen LogP contribution in [0.4, 0.5) is 5.69 Å². The maximum atomic E-state index is 8.80. The molecule has 0 atom stereocenters. The van der Waals surface area contributed by atoms with Crippen molar-refractivity contribution in [3.05, 3.63) is 60.2 Å². The molecule has 2 aromatic carbocycles. The quantitative estimate of drug-likeness (QED) is 0.652. The second-order valence-electron chi connectivity index (χ2n) is 3.78. The summed E-state index contributed by atoms with van der Waals surface area (Å²) in [5, 5.41) is 12.1. The molecule has 0 heterocycles. The minimum atomic E-state index is 0.690. The van der Waals surface area contributed by atoms with E-state index >= 15 is 0 Å². The summed E-state index contributed by atoms with van der Waals surface area (Å²) >= 11 is 1.82. The Kier molecular flexibility index (Phi) is 4.68. The van der Waals surface area contributed by atoms with Gasteiger partial charge in [0.2, 0.25) is 0 Å². The summed E-state index contributed by atoms with van der Waals surface area (Å²) in [5.41, 5.74) is 1.69. The summed E-state index contributed by atoms with van der Waals surface area (Å²) < 4.78 is 0. The van der Waals surface area contributed by atoms with Crippen LogP contribution >= 0.6 is 11.8 Å². The molecule has 2 nitrogen and oxygen atoms in total. The molecule has 0 amide bonds. The van der Waals surface area contributed by atoms with Crippen LogP contribution in [-0.2, 0) is 0 Å². The zero-order valence-electron chi connectivity index (χ0n) is 9.97. The standard InChI is InChI=1S/C15H14N2S/c16-12-13-5-4-6-14(11-13)17-9-10-18-15-7-2-1-3-8-15/h1-8,11,17H,9-10H2. The van der Waals surface area contributed by atoms with E-state index in [-0.39, 0.29) is 0 Å². The summed E-state index contributed by atoms with van der Waals surface area (Å²) in [6, 6.07) is 20.0. The number of rotatable bonds is 5. The van der Waals surface area contributed by atoms with Gasteiger partial charge in [-0.3, -0.25) is 0 Å². The zero-order valence-corrected chi connectivity index (χ0v) is 10.8. The van der Waals surface area contributed by atoms with Crippen molar-refractivity contribution in [3.8, 4) is 6.07 Å². The predicted molar refractivity (Wildman–Crippen MR) is 76.8 cm³/mol. The molecule has 0 aliphatic carbocycles. The minimum Gasteiger partial charge on any atom is -0.384 e. The fourth-order valence-electron chi connectivity index (χ4n) is 1.58. The average Bonchev–Trinajstić information content (AvgIpc) is 2.45. The number of anilines is 1. The molecular formula is C15H14N2S. The van der Waals surface area contributed by atoms with Crippen molar-refractivity contribution in [1.82, 2.24) is 0 Å². The van der Waals surface area contributed by atoms with Crippen LogP contribution in [0.5, 0.6) is 0 Å². The van der Waals surface area contributed by atoms with Crippen molar-refractivity contribution in [2.75, 3.05) is 17.6 Å². The number of thioether (sulfide) groups is 1. The van der Waals surface area contributed by atoms with Gasteiger partial charge in [-0.1, -0.05) is 24.3 Å². The van der Waals surface area contributed by atoms with Crippen molar-refractivity contribution >= 4 is 17.4 Å². The first kappa shape index (κ1) is 12.5. The number of nitrogens with zero attached hydrogens (tertiary/aromatic N) is 1. The lowest BCUT2D eigenvalue weighted by Crippen LogP contribution is -2.03. The van der Waals surface area contributed by atoms with Crippen LogP contribution in [-0.4, -0.2) is 12.3 Å². The summed E-state index contributed by atoms with van der Waals surface area (Å²) in [7, 11) is 0. The molecule has 0 aliphatic rings. The van der Waals surface area contributed by atoms with Gasteiger partial charge >= 0.3 is 0 Å². The summed E-state index contributed by atoms with van der Waals surface area (Å²) in [4.78, 5) is 1.28. The van der Waals surface area contributed by atoms with Crippen molar-refractivity contribution < 1.29 is 0 Å². The number of hydrogen-bond donors (Lipinski definition) is 1. The van der Waals surface area contributed by atoms with E-state index in [9.17, 15) is 0 Å². The molecule has 0 bridgehead atoms. The van der Waals surface area contributed by atoms with Crippen LogP contribution < -0.4 is 5.32 Å². The van der Waals surface area contributed by atoms with Crippen LogP contribution in [0.1, 0.15) is 5.56 Å².